The standard InChI is InChI=1S/C23H27FN4O2.ClH/c1-16-21(26)22(18-9-10-20(24)19(14-18)15-25)27(12-13-29)28(23(16)30)11-5-8-17-6-3-2-4-7-17;/h2-10,14,16,29H,11-13,15,25-26H2,1H3;1H. The zero-order valence-electron chi connectivity index (χ0n) is 17.4. The third-order valence-corrected chi connectivity index (χ3v) is 5.15. The summed E-state index contributed by atoms with van der Waals surface area (Å²) in [6, 6.07) is 14.4. The summed E-state index contributed by atoms with van der Waals surface area (Å²) in [5, 5.41) is 12.9. The van der Waals surface area contributed by atoms with Crippen LogP contribution in [0.2, 0.25) is 0 Å². The first-order chi connectivity index (χ1) is 14.5. The van der Waals surface area contributed by atoms with Gasteiger partial charge in [-0.2, -0.15) is 0 Å². The van der Waals surface area contributed by atoms with E-state index in [0.717, 1.165) is 5.56 Å². The van der Waals surface area contributed by atoms with Crippen molar-refractivity contribution in [2.24, 2.45) is 17.4 Å². The topological polar surface area (TPSA) is 95.8 Å². The molecule has 166 valence electrons. The van der Waals surface area contributed by atoms with E-state index in [2.05, 4.69) is 0 Å². The summed E-state index contributed by atoms with van der Waals surface area (Å²) in [5.74, 6) is -1.10. The van der Waals surface area contributed by atoms with Gasteiger partial charge >= 0.3 is 0 Å². The van der Waals surface area contributed by atoms with E-state index in [1.807, 2.05) is 42.5 Å². The maximum atomic E-state index is 14.0. The Morgan fingerprint density at radius 1 is 1.16 bits per heavy atom. The Kier molecular flexibility index (Phi) is 8.62. The normalized spacial score (nSPS) is 16.8. The van der Waals surface area contributed by atoms with Crippen molar-refractivity contribution in [2.45, 2.75) is 13.5 Å². The smallest absolute Gasteiger partial charge is 0.250 e. The molecule has 2 aromatic carbocycles. The first-order valence-corrected chi connectivity index (χ1v) is 9.87. The minimum atomic E-state index is -0.550. The number of benzene rings is 2. The molecule has 0 fully saturated rings. The number of aliphatic hydroxyl groups excluding tert-OH is 1. The first-order valence-electron chi connectivity index (χ1n) is 9.87. The highest BCUT2D eigenvalue weighted by Gasteiger charge is 2.36. The lowest BCUT2D eigenvalue weighted by molar-refractivity contribution is -0.147. The first kappa shape index (κ1) is 24.4. The average Bonchev–Trinajstić information content (AvgIpc) is 2.76. The summed E-state index contributed by atoms with van der Waals surface area (Å²) >= 11 is 0. The Morgan fingerprint density at radius 2 is 1.87 bits per heavy atom. The lowest BCUT2D eigenvalue weighted by Gasteiger charge is -2.43. The summed E-state index contributed by atoms with van der Waals surface area (Å²) < 4.78 is 14.0. The van der Waals surface area contributed by atoms with Crippen LogP contribution >= 0.6 is 12.4 Å². The molecule has 5 N–H and O–H groups in total. The van der Waals surface area contributed by atoms with Crippen molar-refractivity contribution in [3.63, 3.8) is 0 Å². The number of amides is 1. The molecule has 8 heteroatoms. The molecule has 1 aliphatic rings. The van der Waals surface area contributed by atoms with Crippen LogP contribution in [-0.2, 0) is 11.3 Å². The molecular formula is C23H28ClFN4O2. The van der Waals surface area contributed by atoms with Gasteiger partial charge in [0, 0.05) is 23.4 Å². The highest BCUT2D eigenvalue weighted by molar-refractivity contribution is 5.88. The van der Waals surface area contributed by atoms with E-state index in [-0.39, 0.29) is 38.0 Å². The second-order valence-corrected chi connectivity index (χ2v) is 7.12. The molecule has 1 heterocycles. The van der Waals surface area contributed by atoms with Gasteiger partial charge < -0.3 is 16.6 Å². The third-order valence-electron chi connectivity index (χ3n) is 5.15. The maximum Gasteiger partial charge on any atom is 0.250 e. The van der Waals surface area contributed by atoms with Crippen molar-refractivity contribution in [1.29, 1.82) is 0 Å². The fourth-order valence-electron chi connectivity index (χ4n) is 3.51. The summed E-state index contributed by atoms with van der Waals surface area (Å²) in [4.78, 5) is 13.0. The molecule has 3 rings (SSSR count). The summed E-state index contributed by atoms with van der Waals surface area (Å²) in [5.41, 5.74) is 15.0. The van der Waals surface area contributed by atoms with Gasteiger partial charge in [0.1, 0.15) is 5.82 Å². The van der Waals surface area contributed by atoms with Gasteiger partial charge in [-0.05, 0) is 30.7 Å². The molecule has 0 saturated carbocycles. The van der Waals surface area contributed by atoms with Gasteiger partial charge in [0.2, 0.25) is 5.91 Å². The van der Waals surface area contributed by atoms with Crippen LogP contribution in [0.5, 0.6) is 0 Å². The number of hydrazine groups is 1. The van der Waals surface area contributed by atoms with Gasteiger partial charge in [-0.3, -0.25) is 9.80 Å². The zero-order valence-corrected chi connectivity index (χ0v) is 18.2. The monoisotopic (exact) mass is 446 g/mol. The maximum absolute atomic E-state index is 14.0. The van der Waals surface area contributed by atoms with E-state index in [4.69, 9.17) is 11.5 Å². The second-order valence-electron chi connectivity index (χ2n) is 7.12. The molecule has 2 aromatic rings. The molecule has 31 heavy (non-hydrogen) atoms. The Hall–Kier alpha value is -2.87. The van der Waals surface area contributed by atoms with E-state index >= 15 is 0 Å². The van der Waals surface area contributed by atoms with Gasteiger partial charge in [0.05, 0.1) is 31.3 Å². The van der Waals surface area contributed by atoms with Crippen LogP contribution < -0.4 is 11.5 Å². The zero-order chi connectivity index (χ0) is 21.7. The Bertz CT molecular complexity index is 965. The van der Waals surface area contributed by atoms with Crippen LogP contribution in [0.15, 0.2) is 60.3 Å². The SMILES string of the molecule is CC1C(=O)N(CC=Cc2ccccc2)N(CCO)C(c2ccc(F)c(CN)c2)=C1N.Cl. The predicted octanol–water partition coefficient (Wildman–Crippen LogP) is 2.73. The van der Waals surface area contributed by atoms with E-state index in [9.17, 15) is 14.3 Å². The van der Waals surface area contributed by atoms with Crippen molar-refractivity contribution < 1.29 is 14.3 Å². The van der Waals surface area contributed by atoms with Crippen LogP contribution in [0.25, 0.3) is 11.8 Å². The highest BCUT2D eigenvalue weighted by atomic mass is 35.5. The number of β-amino-alcohol motifs (C(OH)–C–C–N with tert-alkyl or cyclic N) is 1. The molecule has 6 nitrogen and oxygen atoms in total. The number of nitrogens with two attached hydrogens (primary N) is 2. The number of hydrogen-bond acceptors (Lipinski definition) is 5. The van der Waals surface area contributed by atoms with E-state index in [0.29, 0.717) is 29.1 Å². The number of rotatable bonds is 7. The van der Waals surface area contributed by atoms with Crippen LogP contribution in [0.4, 0.5) is 4.39 Å². The van der Waals surface area contributed by atoms with E-state index < -0.39 is 11.7 Å². The van der Waals surface area contributed by atoms with Gasteiger partial charge in [0.15, 0.2) is 0 Å². The van der Waals surface area contributed by atoms with Crippen molar-refractivity contribution in [2.75, 3.05) is 19.7 Å². The fraction of sp³-hybridized carbons (Fsp3) is 0.261. The van der Waals surface area contributed by atoms with Crippen LogP contribution in [0.1, 0.15) is 23.6 Å². The number of hydrogen-bond donors (Lipinski definition) is 3. The number of aliphatic hydroxyl groups is 1. The molecule has 1 unspecified atom stereocenters. The number of carbonyl (C=O) groups excluding carboxylic acids is 1. The summed E-state index contributed by atoms with van der Waals surface area (Å²) in [6.45, 7) is 2.09. The third kappa shape index (κ3) is 5.25. The Morgan fingerprint density at radius 3 is 2.52 bits per heavy atom. The molecule has 0 aliphatic carbocycles. The molecule has 1 aliphatic heterocycles. The number of carbonyl (C=O) groups is 1. The van der Waals surface area contributed by atoms with Crippen molar-refractivity contribution in [3.8, 4) is 0 Å². The molecule has 0 bridgehead atoms. The molecule has 1 atom stereocenters. The molecule has 0 aromatic heterocycles. The molecule has 0 spiro atoms. The van der Waals surface area contributed by atoms with Crippen molar-refractivity contribution in [1.82, 2.24) is 10.0 Å². The van der Waals surface area contributed by atoms with Crippen molar-refractivity contribution in [3.05, 3.63) is 82.8 Å². The fourth-order valence-corrected chi connectivity index (χ4v) is 3.51. The average molecular weight is 447 g/mol. The van der Waals surface area contributed by atoms with Crippen molar-refractivity contribution >= 4 is 30.1 Å². The lowest BCUT2D eigenvalue weighted by atomic mass is 9.97. The molecule has 0 radical (unpaired) electrons. The molecule has 0 saturated heterocycles. The van der Waals surface area contributed by atoms with Crippen LogP contribution in [0.3, 0.4) is 0 Å². The van der Waals surface area contributed by atoms with Gasteiger partial charge in [-0.15, -0.1) is 12.4 Å². The van der Waals surface area contributed by atoms with Crippen LogP contribution in [-0.4, -0.2) is 40.7 Å². The quantitative estimate of drug-likeness (QED) is 0.607. The minimum Gasteiger partial charge on any atom is -0.400 e. The Balaban J connectivity index is 0.00000341. The van der Waals surface area contributed by atoms with Gasteiger partial charge in [0.25, 0.3) is 0 Å². The molecular weight excluding hydrogens is 419 g/mol. The lowest BCUT2D eigenvalue weighted by Crippen LogP contribution is -2.53. The second kappa shape index (κ2) is 10.9. The summed E-state index contributed by atoms with van der Waals surface area (Å²) in [6.07, 6.45) is 3.82. The van der Waals surface area contributed by atoms with E-state index in [1.54, 1.807) is 29.1 Å². The Labute approximate surface area is 188 Å². The highest BCUT2D eigenvalue weighted by Crippen LogP contribution is 2.33. The van der Waals surface area contributed by atoms with Gasteiger partial charge in [-0.25, -0.2) is 9.40 Å². The van der Waals surface area contributed by atoms with E-state index in [1.165, 1.54) is 6.07 Å². The number of halogens is 2. The summed E-state index contributed by atoms with van der Waals surface area (Å²) in [7, 11) is 0. The largest absolute Gasteiger partial charge is 0.400 e. The number of nitrogens with zero attached hydrogens (tertiary/aromatic N) is 2. The predicted molar refractivity (Wildman–Crippen MR) is 123 cm³/mol. The van der Waals surface area contributed by atoms with Crippen LogP contribution in [0, 0.1) is 11.7 Å². The van der Waals surface area contributed by atoms with Gasteiger partial charge in [-0.1, -0.05) is 42.5 Å². The minimum absolute atomic E-state index is 0. The molecule has 1 amide bonds.